The molecule has 0 fully saturated rings. The number of methoxy groups -OCH3 is 1. The summed E-state index contributed by atoms with van der Waals surface area (Å²) < 4.78 is 5.02. The summed E-state index contributed by atoms with van der Waals surface area (Å²) in [4.78, 5) is 32.8. The van der Waals surface area contributed by atoms with Crippen LogP contribution in [0.1, 0.15) is 16.2 Å². The van der Waals surface area contributed by atoms with Crippen LogP contribution in [0.3, 0.4) is 0 Å². The van der Waals surface area contributed by atoms with Crippen LogP contribution in [-0.2, 0) is 6.54 Å². The summed E-state index contributed by atoms with van der Waals surface area (Å²) in [7, 11) is 8.89. The van der Waals surface area contributed by atoms with Gasteiger partial charge in [0.25, 0.3) is 5.91 Å². The Morgan fingerprint density at radius 1 is 1.12 bits per heavy atom. The number of carbonyl (C=O) groups excluding carboxylic acids is 1. The number of nitrogens with one attached hydrogen (secondary N) is 1. The van der Waals surface area contributed by atoms with Gasteiger partial charge in [0.05, 0.1) is 13.7 Å². The smallest absolute Gasteiger partial charge is 0.251 e. The molecule has 128 valence electrons. The number of ether oxygens (including phenoxy) is 1. The molecule has 9 heteroatoms. The molecule has 0 unspecified atom stereocenters. The number of aromatic nitrogens is 4. The maximum Gasteiger partial charge on any atom is 0.251 e. The van der Waals surface area contributed by atoms with Crippen molar-refractivity contribution in [2.75, 3.05) is 45.1 Å². The number of hydrogen-bond acceptors (Lipinski definition) is 8. The number of rotatable bonds is 6. The summed E-state index contributed by atoms with van der Waals surface area (Å²) in [6.07, 6.45) is 1.52. The lowest BCUT2D eigenvalue weighted by molar-refractivity contribution is 0.0949. The summed E-state index contributed by atoms with van der Waals surface area (Å²) in [5, 5.41) is 2.79. The van der Waals surface area contributed by atoms with Crippen LogP contribution in [0.15, 0.2) is 18.3 Å². The van der Waals surface area contributed by atoms with E-state index in [1.165, 1.54) is 13.3 Å². The average Bonchev–Trinajstić information content (AvgIpc) is 2.59. The third-order valence-corrected chi connectivity index (χ3v) is 3.07. The van der Waals surface area contributed by atoms with E-state index < -0.39 is 0 Å². The second-order valence-corrected chi connectivity index (χ2v) is 5.41. The van der Waals surface area contributed by atoms with Gasteiger partial charge in [0, 0.05) is 46.0 Å². The van der Waals surface area contributed by atoms with Gasteiger partial charge in [-0.15, -0.1) is 0 Å². The molecule has 0 saturated heterocycles. The standard InChI is InChI=1S/C15H21N7O2/c1-21(2)14-18-11(19-15(20-14)22(3)4)9-17-13(23)10-6-7-16-12(8-10)24-5/h6-8H,9H2,1-5H3,(H,17,23). The molecule has 0 aliphatic heterocycles. The van der Waals surface area contributed by atoms with Gasteiger partial charge in [0.2, 0.25) is 17.8 Å². The van der Waals surface area contributed by atoms with E-state index in [1.54, 1.807) is 21.9 Å². The molecule has 2 aromatic rings. The lowest BCUT2D eigenvalue weighted by atomic mass is 10.2. The van der Waals surface area contributed by atoms with Crippen LogP contribution in [0, 0.1) is 0 Å². The monoisotopic (exact) mass is 331 g/mol. The second-order valence-electron chi connectivity index (χ2n) is 5.41. The molecule has 0 bridgehead atoms. The zero-order valence-electron chi connectivity index (χ0n) is 14.4. The van der Waals surface area contributed by atoms with Crippen LogP contribution in [0.25, 0.3) is 0 Å². The van der Waals surface area contributed by atoms with Crippen LogP contribution in [0.2, 0.25) is 0 Å². The molecule has 0 aromatic carbocycles. The van der Waals surface area contributed by atoms with Crippen molar-refractivity contribution < 1.29 is 9.53 Å². The van der Waals surface area contributed by atoms with Crippen molar-refractivity contribution in [2.24, 2.45) is 0 Å². The van der Waals surface area contributed by atoms with Crippen LogP contribution < -0.4 is 19.9 Å². The quantitative estimate of drug-likeness (QED) is 0.809. The summed E-state index contributed by atoms with van der Waals surface area (Å²) >= 11 is 0. The largest absolute Gasteiger partial charge is 0.481 e. The predicted octanol–water partition coefficient (Wildman–Crippen LogP) is 0.337. The van der Waals surface area contributed by atoms with Gasteiger partial charge >= 0.3 is 0 Å². The van der Waals surface area contributed by atoms with Crippen molar-refractivity contribution in [1.29, 1.82) is 0 Å². The van der Waals surface area contributed by atoms with E-state index in [9.17, 15) is 4.79 Å². The minimum Gasteiger partial charge on any atom is -0.481 e. The van der Waals surface area contributed by atoms with Gasteiger partial charge in [-0.05, 0) is 6.07 Å². The Labute approximate surface area is 140 Å². The summed E-state index contributed by atoms with van der Waals surface area (Å²) in [6, 6.07) is 3.18. The lowest BCUT2D eigenvalue weighted by Crippen LogP contribution is -2.26. The van der Waals surface area contributed by atoms with Crippen molar-refractivity contribution in [2.45, 2.75) is 6.54 Å². The van der Waals surface area contributed by atoms with Gasteiger partial charge < -0.3 is 19.9 Å². The van der Waals surface area contributed by atoms with Crippen molar-refractivity contribution in [3.63, 3.8) is 0 Å². The van der Waals surface area contributed by atoms with Crippen molar-refractivity contribution in [1.82, 2.24) is 25.3 Å². The number of nitrogens with zero attached hydrogens (tertiary/aromatic N) is 6. The number of carbonyl (C=O) groups is 1. The Bertz CT molecular complexity index is 692. The predicted molar refractivity (Wildman–Crippen MR) is 90.4 cm³/mol. The van der Waals surface area contributed by atoms with Crippen LogP contribution >= 0.6 is 0 Å². The molecule has 24 heavy (non-hydrogen) atoms. The van der Waals surface area contributed by atoms with E-state index in [1.807, 2.05) is 28.2 Å². The minimum atomic E-state index is -0.256. The van der Waals surface area contributed by atoms with Gasteiger partial charge in [0.1, 0.15) is 0 Å². The average molecular weight is 331 g/mol. The van der Waals surface area contributed by atoms with Crippen molar-refractivity contribution >= 4 is 17.8 Å². The van der Waals surface area contributed by atoms with Gasteiger partial charge in [-0.1, -0.05) is 0 Å². The van der Waals surface area contributed by atoms with E-state index in [-0.39, 0.29) is 12.5 Å². The molecule has 0 aliphatic carbocycles. The summed E-state index contributed by atoms with van der Waals surface area (Å²) in [5.41, 5.74) is 0.455. The second kappa shape index (κ2) is 7.53. The fourth-order valence-corrected chi connectivity index (χ4v) is 1.80. The first-order chi connectivity index (χ1) is 11.4. The third kappa shape index (κ3) is 4.28. The molecule has 0 radical (unpaired) electrons. The molecular weight excluding hydrogens is 310 g/mol. The highest BCUT2D eigenvalue weighted by Gasteiger charge is 2.12. The van der Waals surface area contributed by atoms with Gasteiger partial charge in [-0.2, -0.15) is 15.0 Å². The fraction of sp³-hybridized carbons (Fsp3) is 0.400. The highest BCUT2D eigenvalue weighted by Crippen LogP contribution is 2.11. The topological polar surface area (TPSA) is 96.4 Å². The van der Waals surface area contributed by atoms with Crippen LogP contribution in [0.5, 0.6) is 5.88 Å². The number of hydrogen-bond donors (Lipinski definition) is 1. The minimum absolute atomic E-state index is 0.188. The Hall–Kier alpha value is -2.97. The van der Waals surface area contributed by atoms with Crippen LogP contribution in [-0.4, -0.2) is 61.1 Å². The summed E-state index contributed by atoms with van der Waals surface area (Å²) in [6.45, 7) is 0.188. The molecule has 0 spiro atoms. The van der Waals surface area contributed by atoms with Crippen molar-refractivity contribution in [3.8, 4) is 5.88 Å². The SMILES string of the molecule is COc1cc(C(=O)NCc2nc(N(C)C)nc(N(C)C)n2)ccn1. The number of amides is 1. The first-order valence-electron chi connectivity index (χ1n) is 7.28. The summed E-state index contributed by atoms with van der Waals surface area (Å²) in [5.74, 6) is 1.67. The first-order valence-corrected chi connectivity index (χ1v) is 7.28. The maximum atomic E-state index is 12.2. The molecule has 1 amide bonds. The molecular formula is C15H21N7O2. The van der Waals surface area contributed by atoms with E-state index in [0.717, 1.165) is 0 Å². The Morgan fingerprint density at radius 2 is 1.75 bits per heavy atom. The molecule has 0 atom stereocenters. The van der Waals surface area contributed by atoms with E-state index in [4.69, 9.17) is 4.74 Å². The van der Waals surface area contributed by atoms with E-state index >= 15 is 0 Å². The normalized spacial score (nSPS) is 10.2. The van der Waals surface area contributed by atoms with Crippen molar-refractivity contribution in [3.05, 3.63) is 29.7 Å². The highest BCUT2D eigenvalue weighted by atomic mass is 16.5. The molecule has 1 N–H and O–H groups in total. The Morgan fingerprint density at radius 3 is 2.29 bits per heavy atom. The molecule has 0 aliphatic rings. The third-order valence-electron chi connectivity index (χ3n) is 3.07. The highest BCUT2D eigenvalue weighted by molar-refractivity contribution is 5.94. The molecule has 2 rings (SSSR count). The van der Waals surface area contributed by atoms with Gasteiger partial charge in [-0.25, -0.2) is 4.98 Å². The van der Waals surface area contributed by atoms with Gasteiger partial charge in [-0.3, -0.25) is 4.79 Å². The number of anilines is 2. The molecule has 2 heterocycles. The molecule has 0 saturated carbocycles. The Balaban J connectivity index is 2.14. The zero-order chi connectivity index (χ0) is 17.7. The van der Waals surface area contributed by atoms with E-state index in [2.05, 4.69) is 25.3 Å². The fourth-order valence-electron chi connectivity index (χ4n) is 1.80. The molecule has 2 aromatic heterocycles. The first kappa shape index (κ1) is 17.4. The maximum absolute atomic E-state index is 12.2. The lowest BCUT2D eigenvalue weighted by Gasteiger charge is -2.16. The van der Waals surface area contributed by atoms with Gasteiger partial charge in [0.15, 0.2) is 5.82 Å². The molecule has 9 nitrogen and oxygen atoms in total. The van der Waals surface area contributed by atoms with E-state index in [0.29, 0.717) is 29.2 Å². The Kier molecular flexibility index (Phi) is 5.46. The number of pyridine rings is 1. The zero-order valence-corrected chi connectivity index (χ0v) is 14.4. The van der Waals surface area contributed by atoms with Crippen LogP contribution in [0.4, 0.5) is 11.9 Å².